The molecular weight excluding hydrogens is 348 g/mol. The number of carbonyl (C=O) groups is 2. The fourth-order valence-corrected chi connectivity index (χ4v) is 4.18. The number of benzene rings is 1. The lowest BCUT2D eigenvalue weighted by Gasteiger charge is -2.30. The van der Waals surface area contributed by atoms with Gasteiger partial charge >= 0.3 is 0 Å². The molecule has 142 valence electrons. The van der Waals surface area contributed by atoms with E-state index in [2.05, 4.69) is 22.2 Å². The van der Waals surface area contributed by atoms with Crippen LogP contribution in [0.1, 0.15) is 24.8 Å². The third kappa shape index (κ3) is 5.46. The first kappa shape index (κ1) is 19.2. The minimum Gasteiger partial charge on any atom is -0.341 e. The zero-order valence-electron chi connectivity index (χ0n) is 15.2. The molecule has 1 aromatic carbocycles. The molecule has 2 aliphatic rings. The average Bonchev–Trinajstić information content (AvgIpc) is 3.23. The molecule has 0 saturated carbocycles. The maximum atomic E-state index is 12.9. The van der Waals surface area contributed by atoms with E-state index < -0.39 is 6.04 Å². The van der Waals surface area contributed by atoms with Crippen LogP contribution in [0.5, 0.6) is 0 Å². The second-order valence-electron chi connectivity index (χ2n) is 6.81. The topological polar surface area (TPSA) is 64.7 Å². The van der Waals surface area contributed by atoms with E-state index in [1.54, 1.807) is 0 Å². The minimum absolute atomic E-state index is 0.0616. The van der Waals surface area contributed by atoms with E-state index in [9.17, 15) is 9.59 Å². The molecule has 0 spiro atoms. The number of likely N-dealkylation sites (tertiary alicyclic amines) is 1. The van der Waals surface area contributed by atoms with Crippen molar-refractivity contribution in [1.29, 1.82) is 0 Å². The van der Waals surface area contributed by atoms with Crippen LogP contribution in [-0.4, -0.2) is 66.9 Å². The lowest BCUT2D eigenvalue weighted by atomic mass is 10.1. The van der Waals surface area contributed by atoms with Crippen molar-refractivity contribution >= 4 is 23.8 Å². The van der Waals surface area contributed by atoms with Gasteiger partial charge in [0.05, 0.1) is 6.42 Å². The van der Waals surface area contributed by atoms with Gasteiger partial charge in [-0.25, -0.2) is 0 Å². The van der Waals surface area contributed by atoms with E-state index in [-0.39, 0.29) is 18.2 Å². The first-order chi connectivity index (χ1) is 12.7. The highest BCUT2D eigenvalue weighted by molar-refractivity contribution is 7.96. The maximum absolute atomic E-state index is 12.9. The molecule has 7 heteroatoms. The summed E-state index contributed by atoms with van der Waals surface area (Å²) in [5.74, 6) is 0.898. The van der Waals surface area contributed by atoms with Gasteiger partial charge in [0.1, 0.15) is 6.04 Å². The second kappa shape index (κ2) is 9.94. The standard InChI is InChI=1S/C19H28N4O2S/c24-18(22-12-8-20-9-13-22)14-17(19(25)23-10-4-5-11-23)21-26-15-16-6-2-1-3-7-16/h1-3,6-7,17,20-21H,4-5,8-15H2. The molecule has 2 fully saturated rings. The van der Waals surface area contributed by atoms with E-state index in [0.717, 1.165) is 57.9 Å². The molecule has 0 aliphatic carbocycles. The quantitative estimate of drug-likeness (QED) is 0.701. The molecule has 1 unspecified atom stereocenters. The monoisotopic (exact) mass is 376 g/mol. The summed E-state index contributed by atoms with van der Waals surface area (Å²) in [5, 5.41) is 3.25. The predicted molar refractivity (Wildman–Crippen MR) is 105 cm³/mol. The first-order valence-corrected chi connectivity index (χ1v) is 10.4. The number of amides is 2. The van der Waals surface area contributed by atoms with Gasteiger partial charge in [-0.1, -0.05) is 42.3 Å². The number of piperazine rings is 1. The van der Waals surface area contributed by atoms with Crippen molar-refractivity contribution in [3.05, 3.63) is 35.9 Å². The van der Waals surface area contributed by atoms with Gasteiger partial charge in [-0.2, -0.15) is 0 Å². The Labute approximate surface area is 159 Å². The van der Waals surface area contributed by atoms with Crippen molar-refractivity contribution in [3.63, 3.8) is 0 Å². The Balaban J connectivity index is 1.57. The van der Waals surface area contributed by atoms with Gasteiger partial charge in [-0.05, 0) is 18.4 Å². The van der Waals surface area contributed by atoms with E-state index in [1.165, 1.54) is 17.5 Å². The maximum Gasteiger partial charge on any atom is 0.241 e. The highest BCUT2D eigenvalue weighted by Gasteiger charge is 2.30. The Morgan fingerprint density at radius 2 is 1.73 bits per heavy atom. The summed E-state index contributed by atoms with van der Waals surface area (Å²) in [4.78, 5) is 29.3. The van der Waals surface area contributed by atoms with E-state index >= 15 is 0 Å². The molecule has 2 amide bonds. The Kier molecular flexibility index (Phi) is 7.34. The van der Waals surface area contributed by atoms with E-state index in [0.29, 0.717) is 0 Å². The van der Waals surface area contributed by atoms with Gasteiger partial charge < -0.3 is 15.1 Å². The van der Waals surface area contributed by atoms with Crippen molar-refractivity contribution in [2.75, 3.05) is 39.3 Å². The molecule has 2 heterocycles. The normalized spacial score (nSPS) is 18.8. The summed E-state index contributed by atoms with van der Waals surface area (Å²) in [6, 6.07) is 9.69. The lowest BCUT2D eigenvalue weighted by Crippen LogP contribution is -2.50. The molecule has 6 nitrogen and oxygen atoms in total. The molecule has 0 radical (unpaired) electrons. The second-order valence-corrected chi connectivity index (χ2v) is 7.63. The molecular formula is C19H28N4O2S. The number of nitrogens with zero attached hydrogens (tertiary/aromatic N) is 2. The highest BCUT2D eigenvalue weighted by atomic mass is 32.2. The lowest BCUT2D eigenvalue weighted by molar-refractivity contribution is -0.138. The van der Waals surface area contributed by atoms with Crippen LogP contribution >= 0.6 is 11.9 Å². The zero-order chi connectivity index (χ0) is 18.2. The molecule has 1 aromatic rings. The molecule has 2 aliphatic heterocycles. The number of nitrogens with one attached hydrogen (secondary N) is 2. The Morgan fingerprint density at radius 1 is 1.04 bits per heavy atom. The number of carbonyl (C=O) groups excluding carboxylic acids is 2. The van der Waals surface area contributed by atoms with Crippen LogP contribution in [0.15, 0.2) is 30.3 Å². The van der Waals surface area contributed by atoms with Crippen LogP contribution in [0.3, 0.4) is 0 Å². The first-order valence-electron chi connectivity index (χ1n) is 9.42. The summed E-state index contributed by atoms with van der Waals surface area (Å²) in [5.41, 5.74) is 1.20. The molecule has 1 atom stereocenters. The van der Waals surface area contributed by atoms with E-state index in [4.69, 9.17) is 0 Å². The predicted octanol–water partition coefficient (Wildman–Crippen LogP) is 1.24. The molecule has 0 bridgehead atoms. The molecule has 2 N–H and O–H groups in total. The Bertz CT molecular complexity index is 586. The third-order valence-electron chi connectivity index (χ3n) is 4.87. The summed E-state index contributed by atoms with van der Waals surface area (Å²) < 4.78 is 3.28. The largest absolute Gasteiger partial charge is 0.341 e. The summed E-state index contributed by atoms with van der Waals surface area (Å²) in [6.07, 6.45) is 2.35. The van der Waals surface area contributed by atoms with Crippen LogP contribution in [-0.2, 0) is 15.3 Å². The van der Waals surface area contributed by atoms with Crippen molar-refractivity contribution in [3.8, 4) is 0 Å². The minimum atomic E-state index is -0.454. The van der Waals surface area contributed by atoms with Gasteiger partial charge in [0.25, 0.3) is 0 Å². The Hall–Kier alpha value is -1.57. The van der Waals surface area contributed by atoms with Gasteiger partial charge in [0.2, 0.25) is 11.8 Å². The van der Waals surface area contributed by atoms with Crippen molar-refractivity contribution in [2.24, 2.45) is 0 Å². The Morgan fingerprint density at radius 3 is 2.42 bits per heavy atom. The third-order valence-corrected chi connectivity index (χ3v) is 5.80. The van der Waals surface area contributed by atoms with Crippen molar-refractivity contribution in [1.82, 2.24) is 19.8 Å². The number of hydrogen-bond acceptors (Lipinski definition) is 5. The molecule has 2 saturated heterocycles. The van der Waals surface area contributed by atoms with Crippen molar-refractivity contribution < 1.29 is 9.59 Å². The summed E-state index contributed by atoms with van der Waals surface area (Å²) in [7, 11) is 0. The number of rotatable bonds is 7. The molecule has 26 heavy (non-hydrogen) atoms. The van der Waals surface area contributed by atoms with Crippen LogP contribution in [0.4, 0.5) is 0 Å². The fraction of sp³-hybridized carbons (Fsp3) is 0.579. The van der Waals surface area contributed by atoms with Crippen LogP contribution in [0, 0.1) is 0 Å². The van der Waals surface area contributed by atoms with Gasteiger partial charge in [0.15, 0.2) is 0 Å². The smallest absolute Gasteiger partial charge is 0.241 e. The SMILES string of the molecule is O=C(CC(NSCc1ccccc1)C(=O)N1CCCC1)N1CCNCC1. The fourth-order valence-electron chi connectivity index (χ4n) is 3.36. The molecule has 0 aromatic heterocycles. The summed E-state index contributed by atoms with van der Waals surface area (Å²) >= 11 is 1.51. The van der Waals surface area contributed by atoms with Gasteiger partial charge in [-0.15, -0.1) is 0 Å². The zero-order valence-corrected chi connectivity index (χ0v) is 16.0. The van der Waals surface area contributed by atoms with Crippen LogP contribution < -0.4 is 10.0 Å². The van der Waals surface area contributed by atoms with Crippen molar-refractivity contribution in [2.45, 2.75) is 31.1 Å². The van der Waals surface area contributed by atoms with Gasteiger partial charge in [0, 0.05) is 45.0 Å². The number of hydrogen-bond donors (Lipinski definition) is 2. The highest BCUT2D eigenvalue weighted by Crippen LogP contribution is 2.15. The molecule has 3 rings (SSSR count). The van der Waals surface area contributed by atoms with E-state index in [1.807, 2.05) is 28.0 Å². The summed E-state index contributed by atoms with van der Waals surface area (Å²) in [6.45, 7) is 4.71. The average molecular weight is 377 g/mol. The van der Waals surface area contributed by atoms with Crippen LogP contribution in [0.2, 0.25) is 0 Å². The van der Waals surface area contributed by atoms with Gasteiger partial charge in [-0.3, -0.25) is 14.3 Å². The van der Waals surface area contributed by atoms with Crippen LogP contribution in [0.25, 0.3) is 0 Å².